The number of aliphatic carboxylic acids is 1. The fourth-order valence-corrected chi connectivity index (χ4v) is 3.05. The Balaban J connectivity index is 2.64. The molecule has 2 aromatic carbocycles. The molecule has 0 aliphatic carbocycles. The standard InChI is InChI=1S/C20H24O7/c1-25-17-9-13(10-18(26-2)20(17)27-3)14(11-19(23)24)15-8-12(6-7-21)4-5-16(15)22/h4-5,8-10,14,21-22H,6-7,11H2,1-3H3,(H,23,24). The van der Waals surface area contributed by atoms with Gasteiger partial charge in [0.15, 0.2) is 11.5 Å². The molecule has 0 bridgehead atoms. The van der Waals surface area contributed by atoms with Gasteiger partial charge in [0, 0.05) is 18.1 Å². The van der Waals surface area contributed by atoms with E-state index in [0.717, 1.165) is 5.56 Å². The van der Waals surface area contributed by atoms with Crippen molar-refractivity contribution in [2.75, 3.05) is 27.9 Å². The Morgan fingerprint density at radius 3 is 2.15 bits per heavy atom. The molecule has 0 radical (unpaired) electrons. The summed E-state index contributed by atoms with van der Waals surface area (Å²) in [7, 11) is 4.44. The number of aromatic hydroxyl groups is 1. The molecule has 0 saturated heterocycles. The molecule has 0 saturated carbocycles. The predicted molar refractivity (Wildman–Crippen MR) is 99.1 cm³/mol. The highest BCUT2D eigenvalue weighted by Crippen LogP contribution is 2.43. The Labute approximate surface area is 157 Å². The fourth-order valence-electron chi connectivity index (χ4n) is 3.05. The van der Waals surface area contributed by atoms with Crippen LogP contribution in [-0.4, -0.2) is 49.2 Å². The normalized spacial score (nSPS) is 11.7. The third-order valence-corrected chi connectivity index (χ3v) is 4.34. The van der Waals surface area contributed by atoms with Crippen LogP contribution >= 0.6 is 0 Å². The maximum absolute atomic E-state index is 11.5. The van der Waals surface area contributed by atoms with Gasteiger partial charge in [-0.2, -0.15) is 0 Å². The largest absolute Gasteiger partial charge is 0.508 e. The first-order valence-corrected chi connectivity index (χ1v) is 8.39. The van der Waals surface area contributed by atoms with Crippen molar-refractivity contribution >= 4 is 5.97 Å². The van der Waals surface area contributed by atoms with E-state index in [4.69, 9.17) is 14.2 Å². The molecular weight excluding hydrogens is 352 g/mol. The van der Waals surface area contributed by atoms with Crippen molar-refractivity contribution in [3.63, 3.8) is 0 Å². The van der Waals surface area contributed by atoms with E-state index in [-0.39, 0.29) is 18.8 Å². The first-order valence-electron chi connectivity index (χ1n) is 8.39. The van der Waals surface area contributed by atoms with E-state index in [9.17, 15) is 20.1 Å². The number of hydrogen-bond acceptors (Lipinski definition) is 6. The molecule has 0 aromatic heterocycles. The number of aliphatic hydroxyl groups excluding tert-OH is 1. The van der Waals surface area contributed by atoms with Crippen LogP contribution < -0.4 is 14.2 Å². The molecule has 7 heteroatoms. The minimum absolute atomic E-state index is 0.0170. The molecule has 0 heterocycles. The van der Waals surface area contributed by atoms with Gasteiger partial charge < -0.3 is 29.5 Å². The molecule has 2 rings (SSSR count). The first-order chi connectivity index (χ1) is 12.9. The highest BCUT2D eigenvalue weighted by atomic mass is 16.5. The van der Waals surface area contributed by atoms with Gasteiger partial charge in [-0.1, -0.05) is 12.1 Å². The van der Waals surface area contributed by atoms with Crippen molar-refractivity contribution in [1.29, 1.82) is 0 Å². The molecule has 0 aliphatic heterocycles. The lowest BCUT2D eigenvalue weighted by molar-refractivity contribution is -0.137. The number of methoxy groups -OCH3 is 3. The second kappa shape index (κ2) is 9.14. The Hall–Kier alpha value is -2.93. The van der Waals surface area contributed by atoms with Crippen LogP contribution in [0.15, 0.2) is 30.3 Å². The number of carboxylic acid groups (broad SMARTS) is 1. The van der Waals surface area contributed by atoms with E-state index in [1.165, 1.54) is 27.4 Å². The lowest BCUT2D eigenvalue weighted by Crippen LogP contribution is -2.10. The number of rotatable bonds is 9. The number of ether oxygens (including phenoxy) is 3. The minimum atomic E-state index is -1.01. The van der Waals surface area contributed by atoms with Crippen LogP contribution in [0.1, 0.15) is 29.0 Å². The molecule has 1 unspecified atom stereocenters. The van der Waals surface area contributed by atoms with Crippen LogP contribution in [0.25, 0.3) is 0 Å². The van der Waals surface area contributed by atoms with Gasteiger partial charge in [0.2, 0.25) is 5.75 Å². The molecule has 27 heavy (non-hydrogen) atoms. The van der Waals surface area contributed by atoms with E-state index in [2.05, 4.69) is 0 Å². The van der Waals surface area contributed by atoms with Crippen molar-refractivity contribution in [3.05, 3.63) is 47.0 Å². The highest BCUT2D eigenvalue weighted by molar-refractivity contribution is 5.70. The van der Waals surface area contributed by atoms with Crippen molar-refractivity contribution in [1.82, 2.24) is 0 Å². The minimum Gasteiger partial charge on any atom is -0.508 e. The molecule has 0 fully saturated rings. The van der Waals surface area contributed by atoms with Gasteiger partial charge in [-0.05, 0) is 35.7 Å². The summed E-state index contributed by atoms with van der Waals surface area (Å²) < 4.78 is 16.0. The average Bonchev–Trinajstić information content (AvgIpc) is 2.66. The van der Waals surface area contributed by atoms with Crippen molar-refractivity contribution in [2.45, 2.75) is 18.8 Å². The topological polar surface area (TPSA) is 105 Å². The molecule has 2 aromatic rings. The summed E-state index contributed by atoms with van der Waals surface area (Å²) in [4.78, 5) is 11.5. The molecule has 0 aliphatic rings. The molecule has 146 valence electrons. The van der Waals surface area contributed by atoms with E-state index < -0.39 is 11.9 Å². The monoisotopic (exact) mass is 376 g/mol. The SMILES string of the molecule is COc1cc(C(CC(=O)O)c2cc(CCO)ccc2O)cc(OC)c1OC. The number of carbonyl (C=O) groups is 1. The predicted octanol–water partition coefficient (Wildman–Crippen LogP) is 2.56. The van der Waals surface area contributed by atoms with Crippen LogP contribution in [0.3, 0.4) is 0 Å². The number of benzene rings is 2. The Kier molecular flexibility index (Phi) is 6.90. The lowest BCUT2D eigenvalue weighted by Gasteiger charge is -2.21. The van der Waals surface area contributed by atoms with E-state index in [1.54, 1.807) is 24.3 Å². The van der Waals surface area contributed by atoms with Gasteiger partial charge in [0.25, 0.3) is 0 Å². The zero-order chi connectivity index (χ0) is 20.0. The summed E-state index contributed by atoms with van der Waals surface area (Å²) in [5.41, 5.74) is 1.86. The summed E-state index contributed by atoms with van der Waals surface area (Å²) in [6.45, 7) is -0.0437. The summed E-state index contributed by atoms with van der Waals surface area (Å²) in [6, 6.07) is 8.26. The van der Waals surface area contributed by atoms with Gasteiger partial charge in [-0.15, -0.1) is 0 Å². The van der Waals surface area contributed by atoms with Crippen LogP contribution in [0.2, 0.25) is 0 Å². The van der Waals surface area contributed by atoms with Crippen molar-refractivity contribution < 1.29 is 34.3 Å². The van der Waals surface area contributed by atoms with Crippen LogP contribution in [0.5, 0.6) is 23.0 Å². The van der Waals surface area contributed by atoms with Crippen LogP contribution in [0.4, 0.5) is 0 Å². The molecule has 1 atom stereocenters. The number of aliphatic hydroxyl groups is 1. The number of carboxylic acids is 1. The smallest absolute Gasteiger partial charge is 0.304 e. The lowest BCUT2D eigenvalue weighted by atomic mass is 9.86. The van der Waals surface area contributed by atoms with Gasteiger partial charge >= 0.3 is 5.97 Å². The maximum Gasteiger partial charge on any atom is 0.304 e. The number of hydrogen-bond donors (Lipinski definition) is 3. The third kappa shape index (κ3) is 4.62. The third-order valence-electron chi connectivity index (χ3n) is 4.34. The quantitative estimate of drug-likeness (QED) is 0.618. The molecule has 0 amide bonds. The maximum atomic E-state index is 11.5. The summed E-state index contributed by atoms with van der Waals surface area (Å²) in [5, 5.41) is 28.9. The number of phenolic OH excluding ortho intramolecular Hbond substituents is 1. The Morgan fingerprint density at radius 2 is 1.67 bits per heavy atom. The Bertz CT molecular complexity index is 776. The van der Waals surface area contributed by atoms with Crippen molar-refractivity contribution in [2.24, 2.45) is 0 Å². The first kappa shape index (κ1) is 20.4. The summed E-state index contributed by atoms with van der Waals surface area (Å²) >= 11 is 0. The van der Waals surface area contributed by atoms with Gasteiger partial charge in [0.05, 0.1) is 27.8 Å². The van der Waals surface area contributed by atoms with E-state index in [0.29, 0.717) is 34.8 Å². The second-order valence-electron chi connectivity index (χ2n) is 5.98. The molecule has 3 N–H and O–H groups in total. The zero-order valence-corrected chi connectivity index (χ0v) is 15.6. The molecule has 0 spiro atoms. The fraction of sp³-hybridized carbons (Fsp3) is 0.350. The van der Waals surface area contributed by atoms with Gasteiger partial charge in [0.1, 0.15) is 5.75 Å². The van der Waals surface area contributed by atoms with E-state index in [1.807, 2.05) is 0 Å². The Morgan fingerprint density at radius 1 is 1.04 bits per heavy atom. The zero-order valence-electron chi connectivity index (χ0n) is 15.6. The summed E-state index contributed by atoms with van der Waals surface area (Å²) in [5.74, 6) is -0.482. The molecule has 7 nitrogen and oxygen atoms in total. The van der Waals surface area contributed by atoms with Crippen LogP contribution in [-0.2, 0) is 11.2 Å². The second-order valence-corrected chi connectivity index (χ2v) is 5.98. The van der Waals surface area contributed by atoms with Gasteiger partial charge in [-0.3, -0.25) is 4.79 Å². The summed E-state index contributed by atoms with van der Waals surface area (Å²) in [6.07, 6.45) is 0.164. The average molecular weight is 376 g/mol. The van der Waals surface area contributed by atoms with Gasteiger partial charge in [-0.25, -0.2) is 0 Å². The van der Waals surface area contributed by atoms with E-state index >= 15 is 0 Å². The van der Waals surface area contributed by atoms with Crippen molar-refractivity contribution in [3.8, 4) is 23.0 Å². The highest BCUT2D eigenvalue weighted by Gasteiger charge is 2.25. The number of phenols is 1. The van der Waals surface area contributed by atoms with Crippen LogP contribution in [0, 0.1) is 0 Å². The molecular formula is C20H24O7.